The van der Waals surface area contributed by atoms with Gasteiger partial charge in [-0.1, -0.05) is 23.8 Å². The van der Waals surface area contributed by atoms with Crippen LogP contribution in [0.15, 0.2) is 54.6 Å². The van der Waals surface area contributed by atoms with Crippen LogP contribution >= 0.6 is 0 Å². The molecular weight excluding hydrogens is 326 g/mol. The van der Waals surface area contributed by atoms with Gasteiger partial charge in [0.15, 0.2) is 5.82 Å². The van der Waals surface area contributed by atoms with Gasteiger partial charge in [0.2, 0.25) is 0 Å². The van der Waals surface area contributed by atoms with Crippen LogP contribution in [-0.4, -0.2) is 26.7 Å². The van der Waals surface area contributed by atoms with E-state index in [0.717, 1.165) is 28.5 Å². The molecule has 26 heavy (non-hydrogen) atoms. The minimum Gasteiger partial charge on any atom is -0.497 e. The number of benzene rings is 2. The summed E-state index contributed by atoms with van der Waals surface area (Å²) in [5.74, 6) is 2.85. The third kappa shape index (κ3) is 3.09. The number of nitrogens with zero attached hydrogens (tertiary/aromatic N) is 4. The van der Waals surface area contributed by atoms with Crippen LogP contribution in [0.25, 0.3) is 17.2 Å². The molecule has 1 N–H and O–H groups in total. The molecule has 0 fully saturated rings. The number of methoxy groups -OCH3 is 1. The summed E-state index contributed by atoms with van der Waals surface area (Å²) >= 11 is 0. The lowest BCUT2D eigenvalue weighted by atomic mass is 10.1. The molecule has 0 aliphatic carbocycles. The number of aromatic nitrogens is 4. The predicted octanol–water partition coefficient (Wildman–Crippen LogP) is 4.16. The lowest BCUT2D eigenvalue weighted by Crippen LogP contribution is -2.02. The SMILES string of the molecule is COc1ccc(Nc2cc(C)nc3nc(-c4cccc(C)c4)nn23)cc1. The number of hydrogen-bond donors (Lipinski definition) is 1. The molecule has 0 unspecified atom stereocenters. The monoisotopic (exact) mass is 345 g/mol. The fourth-order valence-electron chi connectivity index (χ4n) is 2.80. The third-order valence-electron chi connectivity index (χ3n) is 4.08. The van der Waals surface area contributed by atoms with E-state index < -0.39 is 0 Å². The first kappa shape index (κ1) is 16.1. The summed E-state index contributed by atoms with van der Waals surface area (Å²) in [7, 11) is 1.65. The number of anilines is 2. The van der Waals surface area contributed by atoms with Crippen molar-refractivity contribution in [3.8, 4) is 17.1 Å². The van der Waals surface area contributed by atoms with Crippen molar-refractivity contribution < 1.29 is 4.74 Å². The Morgan fingerprint density at radius 2 is 1.77 bits per heavy atom. The molecule has 130 valence electrons. The highest BCUT2D eigenvalue weighted by atomic mass is 16.5. The second-order valence-electron chi connectivity index (χ2n) is 6.15. The van der Waals surface area contributed by atoms with Gasteiger partial charge in [0.1, 0.15) is 11.6 Å². The molecule has 0 radical (unpaired) electrons. The number of fused-ring (bicyclic) bond motifs is 1. The zero-order valence-corrected chi connectivity index (χ0v) is 14.9. The molecule has 0 aliphatic rings. The first-order chi connectivity index (χ1) is 12.6. The summed E-state index contributed by atoms with van der Waals surface area (Å²) in [5, 5.41) is 8.03. The van der Waals surface area contributed by atoms with E-state index >= 15 is 0 Å². The highest BCUT2D eigenvalue weighted by molar-refractivity contribution is 5.63. The van der Waals surface area contributed by atoms with Crippen LogP contribution in [-0.2, 0) is 0 Å². The van der Waals surface area contributed by atoms with Crippen molar-refractivity contribution in [3.63, 3.8) is 0 Å². The summed E-state index contributed by atoms with van der Waals surface area (Å²) in [6, 6.07) is 17.8. The lowest BCUT2D eigenvalue weighted by molar-refractivity contribution is 0.415. The van der Waals surface area contributed by atoms with E-state index in [1.54, 1.807) is 11.6 Å². The van der Waals surface area contributed by atoms with Crippen molar-refractivity contribution in [1.29, 1.82) is 0 Å². The molecule has 6 nitrogen and oxygen atoms in total. The van der Waals surface area contributed by atoms with E-state index in [-0.39, 0.29) is 0 Å². The molecule has 0 atom stereocenters. The van der Waals surface area contributed by atoms with Gasteiger partial charge in [-0.3, -0.25) is 0 Å². The molecular formula is C20H19N5O. The highest BCUT2D eigenvalue weighted by Crippen LogP contribution is 2.23. The Hall–Kier alpha value is -3.41. The molecule has 2 heterocycles. The van der Waals surface area contributed by atoms with Crippen molar-refractivity contribution in [3.05, 3.63) is 65.9 Å². The highest BCUT2D eigenvalue weighted by Gasteiger charge is 2.12. The maximum absolute atomic E-state index is 5.21. The second-order valence-corrected chi connectivity index (χ2v) is 6.15. The molecule has 4 rings (SSSR count). The zero-order valence-electron chi connectivity index (χ0n) is 14.9. The fraction of sp³-hybridized carbons (Fsp3) is 0.150. The van der Waals surface area contributed by atoms with Gasteiger partial charge in [0.05, 0.1) is 7.11 Å². The lowest BCUT2D eigenvalue weighted by Gasteiger charge is -2.09. The Morgan fingerprint density at radius 3 is 2.50 bits per heavy atom. The van der Waals surface area contributed by atoms with E-state index in [2.05, 4.69) is 39.4 Å². The van der Waals surface area contributed by atoms with Gasteiger partial charge >= 0.3 is 0 Å². The number of nitrogens with one attached hydrogen (secondary N) is 1. The largest absolute Gasteiger partial charge is 0.497 e. The summed E-state index contributed by atoms with van der Waals surface area (Å²) < 4.78 is 6.94. The van der Waals surface area contributed by atoms with Gasteiger partial charge in [-0.05, 0) is 44.2 Å². The van der Waals surface area contributed by atoms with Crippen molar-refractivity contribution in [2.45, 2.75) is 13.8 Å². The summed E-state index contributed by atoms with van der Waals surface area (Å²) in [4.78, 5) is 9.10. The number of hydrogen-bond acceptors (Lipinski definition) is 5. The van der Waals surface area contributed by atoms with Crippen LogP contribution in [0, 0.1) is 13.8 Å². The third-order valence-corrected chi connectivity index (χ3v) is 4.08. The van der Waals surface area contributed by atoms with Gasteiger partial charge in [-0.2, -0.15) is 9.50 Å². The standard InChI is InChI=1S/C20H19N5O/c1-13-5-4-6-15(11-13)19-23-20-21-14(2)12-18(25(20)24-19)22-16-7-9-17(26-3)10-8-16/h4-12,22H,1-3H3. The molecule has 2 aromatic heterocycles. The predicted molar refractivity (Wildman–Crippen MR) is 102 cm³/mol. The summed E-state index contributed by atoms with van der Waals surface area (Å²) in [5.41, 5.74) is 3.95. The van der Waals surface area contributed by atoms with Gasteiger partial charge in [-0.15, -0.1) is 5.10 Å². The van der Waals surface area contributed by atoms with E-state index in [9.17, 15) is 0 Å². The average molecular weight is 345 g/mol. The average Bonchev–Trinajstić information content (AvgIpc) is 3.06. The van der Waals surface area contributed by atoms with E-state index in [0.29, 0.717) is 11.6 Å². The van der Waals surface area contributed by atoms with Crippen LogP contribution in [0.4, 0.5) is 11.5 Å². The molecule has 4 aromatic rings. The van der Waals surface area contributed by atoms with Crippen molar-refractivity contribution in [2.75, 3.05) is 12.4 Å². The van der Waals surface area contributed by atoms with Gasteiger partial charge in [0.25, 0.3) is 5.78 Å². The van der Waals surface area contributed by atoms with Crippen LogP contribution in [0.5, 0.6) is 5.75 Å². The first-order valence-corrected chi connectivity index (χ1v) is 8.35. The maximum Gasteiger partial charge on any atom is 0.254 e. The quantitative estimate of drug-likeness (QED) is 0.602. The molecule has 0 bridgehead atoms. The Morgan fingerprint density at radius 1 is 0.962 bits per heavy atom. The summed E-state index contributed by atoms with van der Waals surface area (Å²) in [6.45, 7) is 4.00. The van der Waals surface area contributed by atoms with Gasteiger partial charge in [0, 0.05) is 23.0 Å². The number of ether oxygens (including phenoxy) is 1. The Balaban J connectivity index is 1.76. The second kappa shape index (κ2) is 6.48. The normalized spacial score (nSPS) is 10.9. The van der Waals surface area contributed by atoms with E-state index in [4.69, 9.17) is 4.74 Å². The van der Waals surface area contributed by atoms with Crippen LogP contribution in [0.2, 0.25) is 0 Å². The molecule has 0 amide bonds. The molecule has 2 aromatic carbocycles. The molecule has 6 heteroatoms. The molecule has 0 spiro atoms. The van der Waals surface area contributed by atoms with Crippen LogP contribution in [0.3, 0.4) is 0 Å². The Labute approximate surface area is 151 Å². The van der Waals surface area contributed by atoms with Crippen LogP contribution < -0.4 is 10.1 Å². The smallest absolute Gasteiger partial charge is 0.254 e. The Kier molecular flexibility index (Phi) is 4.01. The van der Waals surface area contributed by atoms with Crippen LogP contribution in [0.1, 0.15) is 11.3 Å². The minimum absolute atomic E-state index is 0.567. The van der Waals surface area contributed by atoms with Crippen molar-refractivity contribution in [1.82, 2.24) is 19.6 Å². The molecule has 0 saturated heterocycles. The number of rotatable bonds is 4. The van der Waals surface area contributed by atoms with Crippen molar-refractivity contribution >= 4 is 17.3 Å². The van der Waals surface area contributed by atoms with Crippen molar-refractivity contribution in [2.24, 2.45) is 0 Å². The minimum atomic E-state index is 0.567. The topological polar surface area (TPSA) is 64.3 Å². The fourth-order valence-corrected chi connectivity index (χ4v) is 2.80. The van der Waals surface area contributed by atoms with E-state index in [1.807, 2.05) is 49.4 Å². The Bertz CT molecular complexity index is 1070. The van der Waals surface area contributed by atoms with Gasteiger partial charge < -0.3 is 10.1 Å². The maximum atomic E-state index is 5.21. The first-order valence-electron chi connectivity index (χ1n) is 8.35. The number of aryl methyl sites for hydroxylation is 2. The van der Waals surface area contributed by atoms with E-state index in [1.165, 1.54) is 5.56 Å². The van der Waals surface area contributed by atoms with Gasteiger partial charge in [-0.25, -0.2) is 4.98 Å². The zero-order chi connectivity index (χ0) is 18.1. The molecule has 0 saturated carbocycles. The molecule has 0 aliphatic heterocycles. The summed E-state index contributed by atoms with van der Waals surface area (Å²) in [6.07, 6.45) is 0.